The second-order valence-corrected chi connectivity index (χ2v) is 8.06. The molecule has 4 rings (SSSR count). The van der Waals surface area contributed by atoms with Gasteiger partial charge in [0.1, 0.15) is 5.75 Å². The van der Waals surface area contributed by atoms with E-state index in [1.54, 1.807) is 17.0 Å². The maximum atomic E-state index is 13.1. The molecule has 36 heavy (non-hydrogen) atoms. The molecule has 0 unspecified atom stereocenters. The molecule has 2 aromatic carbocycles. The van der Waals surface area contributed by atoms with Crippen LogP contribution in [-0.2, 0) is 12.7 Å². The van der Waals surface area contributed by atoms with Crippen molar-refractivity contribution in [3.05, 3.63) is 66.0 Å². The Morgan fingerprint density at radius 1 is 0.972 bits per heavy atom. The van der Waals surface area contributed by atoms with Gasteiger partial charge >= 0.3 is 12.5 Å². The largest absolute Gasteiger partial charge is 0.573 e. The lowest BCUT2D eigenvalue weighted by Gasteiger charge is -2.13. The van der Waals surface area contributed by atoms with Crippen LogP contribution in [0.1, 0.15) is 31.0 Å². The highest BCUT2D eigenvalue weighted by Gasteiger charge is 2.31. The average molecular weight is 510 g/mol. The van der Waals surface area contributed by atoms with Gasteiger partial charge in [-0.25, -0.2) is 4.98 Å². The van der Waals surface area contributed by atoms with Gasteiger partial charge in [0.05, 0.1) is 11.9 Å². The maximum absolute atomic E-state index is 13.1. The van der Waals surface area contributed by atoms with Gasteiger partial charge in [-0.1, -0.05) is 12.1 Å². The Morgan fingerprint density at radius 3 is 2.33 bits per heavy atom. The summed E-state index contributed by atoms with van der Waals surface area (Å²) in [5, 5.41) is 5.94. The first-order chi connectivity index (χ1) is 16.9. The molecule has 0 saturated carbocycles. The summed E-state index contributed by atoms with van der Waals surface area (Å²) in [6.07, 6.45) is -7.70. The molecule has 190 valence electrons. The van der Waals surface area contributed by atoms with Crippen molar-refractivity contribution in [2.24, 2.45) is 0 Å². The Morgan fingerprint density at radius 2 is 1.69 bits per heavy atom. The van der Waals surface area contributed by atoms with Gasteiger partial charge in [-0.3, -0.25) is 0 Å². The number of alkyl halides is 6. The third-order valence-corrected chi connectivity index (χ3v) is 5.04. The number of nitrogens with one attached hydrogen (secondary N) is 2. The van der Waals surface area contributed by atoms with Crippen molar-refractivity contribution >= 4 is 28.6 Å². The Balaban J connectivity index is 1.62. The fourth-order valence-electron chi connectivity index (χ4n) is 3.39. The summed E-state index contributed by atoms with van der Waals surface area (Å²) in [6, 6.07) is 9.91. The fraction of sp³-hybridized carbons (Fsp3) is 0.261. The van der Waals surface area contributed by atoms with Crippen LogP contribution in [0, 0.1) is 0 Å². The van der Waals surface area contributed by atoms with Gasteiger partial charge < -0.3 is 19.9 Å². The summed E-state index contributed by atoms with van der Waals surface area (Å²) in [5.41, 5.74) is 0.887. The van der Waals surface area contributed by atoms with Crippen LogP contribution in [0.25, 0.3) is 11.2 Å². The van der Waals surface area contributed by atoms with Crippen molar-refractivity contribution in [1.82, 2.24) is 19.5 Å². The van der Waals surface area contributed by atoms with E-state index in [0.29, 0.717) is 22.4 Å². The van der Waals surface area contributed by atoms with Crippen molar-refractivity contribution in [2.45, 2.75) is 39.0 Å². The van der Waals surface area contributed by atoms with E-state index in [2.05, 4.69) is 30.3 Å². The van der Waals surface area contributed by atoms with Crippen molar-refractivity contribution in [1.29, 1.82) is 0 Å². The van der Waals surface area contributed by atoms with E-state index in [0.717, 1.165) is 24.3 Å². The van der Waals surface area contributed by atoms with E-state index in [-0.39, 0.29) is 30.1 Å². The number of hydrogen-bond acceptors (Lipinski definition) is 6. The second kappa shape index (κ2) is 9.55. The number of benzene rings is 2. The molecule has 0 bridgehead atoms. The molecule has 2 aromatic heterocycles. The number of nitrogens with zero attached hydrogens (tertiary/aromatic N) is 4. The SMILES string of the molecule is CC(C)n1cnc2c(NCc3cccc(C(F)(F)F)c3)nc(Nc3ccc(OC(F)(F)F)cc3)nc21. The zero-order valence-electron chi connectivity index (χ0n) is 18.9. The van der Waals surface area contributed by atoms with Gasteiger partial charge in [0.15, 0.2) is 17.0 Å². The van der Waals surface area contributed by atoms with Crippen LogP contribution >= 0.6 is 0 Å². The van der Waals surface area contributed by atoms with Crippen LogP contribution in [0.5, 0.6) is 5.75 Å². The first-order valence-corrected chi connectivity index (χ1v) is 10.7. The van der Waals surface area contributed by atoms with Gasteiger partial charge in [-0.2, -0.15) is 23.1 Å². The number of imidazole rings is 1. The van der Waals surface area contributed by atoms with Crippen LogP contribution in [0.4, 0.5) is 43.8 Å². The minimum absolute atomic E-state index is 0.00660. The zero-order chi connectivity index (χ0) is 26.1. The predicted octanol–water partition coefficient (Wildman–Crippen LogP) is 6.68. The number of fused-ring (bicyclic) bond motifs is 1. The van der Waals surface area contributed by atoms with Gasteiger partial charge in [0.25, 0.3) is 0 Å². The molecular formula is C23H20F6N6O. The molecule has 0 aliphatic carbocycles. The summed E-state index contributed by atoms with van der Waals surface area (Å²) >= 11 is 0. The second-order valence-electron chi connectivity index (χ2n) is 8.06. The lowest BCUT2D eigenvalue weighted by atomic mass is 10.1. The highest BCUT2D eigenvalue weighted by Crippen LogP contribution is 2.30. The molecule has 0 fully saturated rings. The lowest BCUT2D eigenvalue weighted by Crippen LogP contribution is -2.17. The van der Waals surface area contributed by atoms with E-state index < -0.39 is 18.1 Å². The van der Waals surface area contributed by atoms with Gasteiger partial charge in [-0.05, 0) is 55.8 Å². The topological polar surface area (TPSA) is 76.9 Å². The first kappa shape index (κ1) is 25.1. The number of aromatic nitrogens is 4. The third kappa shape index (κ3) is 5.96. The Bertz CT molecular complexity index is 1350. The van der Waals surface area contributed by atoms with Crippen molar-refractivity contribution in [2.75, 3.05) is 10.6 Å². The zero-order valence-corrected chi connectivity index (χ0v) is 18.9. The highest BCUT2D eigenvalue weighted by atomic mass is 19.4. The number of hydrogen-bond donors (Lipinski definition) is 2. The van der Waals surface area contributed by atoms with Gasteiger partial charge in [-0.15, -0.1) is 13.2 Å². The molecule has 2 heterocycles. The Labute approximate surface area is 201 Å². The molecule has 0 saturated heterocycles. The molecule has 0 atom stereocenters. The van der Waals surface area contributed by atoms with Crippen LogP contribution < -0.4 is 15.4 Å². The first-order valence-electron chi connectivity index (χ1n) is 10.7. The van der Waals surface area contributed by atoms with E-state index in [9.17, 15) is 26.3 Å². The molecule has 0 spiro atoms. The van der Waals surface area contributed by atoms with Crippen molar-refractivity contribution < 1.29 is 31.1 Å². The normalized spacial score (nSPS) is 12.2. The molecule has 2 N–H and O–H groups in total. The van der Waals surface area contributed by atoms with Crippen molar-refractivity contribution in [3.8, 4) is 5.75 Å². The molecule has 0 aliphatic rings. The smallest absolute Gasteiger partial charge is 0.406 e. The molecule has 7 nitrogen and oxygen atoms in total. The molecule has 0 amide bonds. The van der Waals surface area contributed by atoms with E-state index >= 15 is 0 Å². The van der Waals surface area contributed by atoms with Crippen LogP contribution in [0.15, 0.2) is 54.9 Å². The summed E-state index contributed by atoms with van der Waals surface area (Å²) in [6.45, 7) is 3.88. The minimum atomic E-state index is -4.81. The molecule has 0 aliphatic heterocycles. The Kier molecular flexibility index (Phi) is 6.65. The molecule has 0 radical (unpaired) electrons. The number of ether oxygens (including phenoxy) is 1. The maximum Gasteiger partial charge on any atom is 0.573 e. The predicted molar refractivity (Wildman–Crippen MR) is 121 cm³/mol. The lowest BCUT2D eigenvalue weighted by molar-refractivity contribution is -0.274. The third-order valence-electron chi connectivity index (χ3n) is 5.04. The average Bonchev–Trinajstić information content (AvgIpc) is 3.22. The number of rotatable bonds is 7. The summed E-state index contributed by atoms with van der Waals surface area (Å²) in [4.78, 5) is 13.2. The molecular weight excluding hydrogens is 490 g/mol. The monoisotopic (exact) mass is 510 g/mol. The number of halogens is 6. The summed E-state index contributed by atoms with van der Waals surface area (Å²) in [5.74, 6) is 0.00279. The summed E-state index contributed by atoms with van der Waals surface area (Å²) < 4.78 is 82.0. The van der Waals surface area contributed by atoms with Crippen LogP contribution in [0.2, 0.25) is 0 Å². The van der Waals surface area contributed by atoms with Crippen molar-refractivity contribution in [3.63, 3.8) is 0 Å². The van der Waals surface area contributed by atoms with Crippen LogP contribution in [0.3, 0.4) is 0 Å². The van der Waals surface area contributed by atoms with Crippen LogP contribution in [-0.4, -0.2) is 25.9 Å². The Hall–Kier alpha value is -4.03. The summed E-state index contributed by atoms with van der Waals surface area (Å²) in [7, 11) is 0. The number of anilines is 3. The standard InChI is InChI=1S/C23H20F6N6O/c1-13(2)35-12-31-18-19(30-11-14-4-3-5-15(10-14)22(24,25)26)33-21(34-20(18)35)32-16-6-8-17(9-7-16)36-23(27,28)29/h3-10,12-13H,11H2,1-2H3,(H2,30,32,33,34). The highest BCUT2D eigenvalue weighted by molar-refractivity contribution is 5.84. The van der Waals surface area contributed by atoms with Gasteiger partial charge in [0.2, 0.25) is 5.95 Å². The van der Waals surface area contributed by atoms with E-state index in [1.165, 1.54) is 18.2 Å². The van der Waals surface area contributed by atoms with Gasteiger partial charge in [0, 0.05) is 18.3 Å². The minimum Gasteiger partial charge on any atom is -0.406 e. The fourth-order valence-corrected chi connectivity index (χ4v) is 3.39. The molecule has 4 aromatic rings. The van der Waals surface area contributed by atoms with E-state index in [1.807, 2.05) is 13.8 Å². The quantitative estimate of drug-likeness (QED) is 0.270. The molecule has 13 heteroatoms. The van der Waals surface area contributed by atoms with E-state index in [4.69, 9.17) is 0 Å².